The zero-order valence-electron chi connectivity index (χ0n) is 46.5. The van der Waals surface area contributed by atoms with Crippen LogP contribution in [0.3, 0.4) is 0 Å². The number of nitriles is 2. The Hall–Kier alpha value is -6.87. The third-order valence-electron chi connectivity index (χ3n) is 14.5. The van der Waals surface area contributed by atoms with Crippen molar-refractivity contribution in [3.8, 4) is 12.1 Å². The lowest BCUT2D eigenvalue weighted by Gasteiger charge is -2.46. The molecule has 0 unspecified atom stereocenters. The molecular formula is C60H56BF24N3. The van der Waals surface area contributed by atoms with Gasteiger partial charge in [0, 0.05) is 17.7 Å². The average molecular weight is 1290 g/mol. The van der Waals surface area contributed by atoms with Gasteiger partial charge in [-0.1, -0.05) is 158 Å². The minimum atomic E-state index is -6.13. The minimum Gasteiger partial charge on any atom is -0.201 e. The van der Waals surface area contributed by atoms with Crippen LogP contribution in [0.25, 0.3) is 0 Å². The molecule has 0 N–H and O–H groups in total. The number of hydrogen-bond donors (Lipinski definition) is 0. The van der Waals surface area contributed by atoms with Crippen molar-refractivity contribution < 1.29 is 110 Å². The van der Waals surface area contributed by atoms with Crippen molar-refractivity contribution in [3.05, 3.63) is 159 Å². The Morgan fingerprint density at radius 2 is 0.545 bits per heavy atom. The second-order valence-corrected chi connectivity index (χ2v) is 21.0. The largest absolute Gasteiger partial charge is 0.416 e. The maximum absolute atomic E-state index is 14.2. The van der Waals surface area contributed by atoms with Gasteiger partial charge in [-0.15, -0.1) is 0 Å². The van der Waals surface area contributed by atoms with Gasteiger partial charge in [0.15, 0.2) is 18.9 Å². The smallest absolute Gasteiger partial charge is 0.201 e. The minimum absolute atomic E-state index is 0.289. The first-order valence-corrected chi connectivity index (χ1v) is 27.4. The van der Waals surface area contributed by atoms with Crippen LogP contribution in [-0.4, -0.2) is 6.15 Å². The summed E-state index contributed by atoms with van der Waals surface area (Å²) in [6.45, 7) is 2.91. The lowest BCUT2D eigenvalue weighted by molar-refractivity contribution is -0.689. The fourth-order valence-electron chi connectivity index (χ4n) is 10.2. The predicted molar refractivity (Wildman–Crippen MR) is 279 cm³/mol. The summed E-state index contributed by atoms with van der Waals surface area (Å²) in [5.41, 5.74) is -29.0. The zero-order valence-corrected chi connectivity index (χ0v) is 46.5. The number of alkyl halides is 24. The number of allylic oxidation sites excluding steroid dienone is 2. The first kappa shape index (κ1) is 73.6. The number of halogens is 24. The predicted octanol–water partition coefficient (Wildman–Crippen LogP) is 19.2. The Kier molecular flexibility index (Phi) is 25.2. The molecule has 0 radical (unpaired) electrons. The molecule has 0 saturated carbocycles. The van der Waals surface area contributed by atoms with Crippen LogP contribution in [0.1, 0.15) is 161 Å². The maximum Gasteiger partial charge on any atom is 0.416 e. The Morgan fingerprint density at radius 3 is 0.750 bits per heavy atom. The Bertz CT molecular complexity index is 2730. The van der Waals surface area contributed by atoms with Crippen molar-refractivity contribution in [3.63, 3.8) is 0 Å². The molecule has 28 heteroatoms. The van der Waals surface area contributed by atoms with E-state index >= 15 is 0 Å². The van der Waals surface area contributed by atoms with Gasteiger partial charge in [-0.2, -0.15) is 138 Å². The molecule has 0 amide bonds. The number of rotatable bonds is 23. The normalized spacial score (nSPS) is 12.9. The van der Waals surface area contributed by atoms with Crippen molar-refractivity contribution in [1.29, 1.82) is 10.5 Å². The summed E-state index contributed by atoms with van der Waals surface area (Å²) >= 11 is 0. The van der Waals surface area contributed by atoms with Gasteiger partial charge < -0.3 is 0 Å². The van der Waals surface area contributed by atoms with Crippen molar-refractivity contribution in [2.75, 3.05) is 0 Å². The third kappa shape index (κ3) is 21.2. The topological polar surface area (TPSA) is 51.5 Å². The summed E-state index contributed by atoms with van der Waals surface area (Å²) in [5, 5.41) is 18.5. The van der Waals surface area contributed by atoms with Gasteiger partial charge >= 0.3 is 49.4 Å². The fraction of sp³-hybridized carbons (Fsp3) is 0.450. The van der Waals surface area contributed by atoms with E-state index in [9.17, 15) is 116 Å². The molecule has 0 saturated heterocycles. The maximum atomic E-state index is 14.2. The molecule has 1 aromatic heterocycles. The van der Waals surface area contributed by atoms with Crippen LogP contribution in [0.4, 0.5) is 105 Å². The molecule has 482 valence electrons. The molecule has 0 aliphatic carbocycles. The van der Waals surface area contributed by atoms with Crippen LogP contribution in [0, 0.1) is 22.7 Å². The fourth-order valence-corrected chi connectivity index (χ4v) is 10.2. The average Bonchev–Trinajstić information content (AvgIpc) is 0.725. The van der Waals surface area contributed by atoms with Gasteiger partial charge in [-0.25, -0.2) is 4.57 Å². The molecule has 0 atom stereocenters. The van der Waals surface area contributed by atoms with Crippen LogP contribution >= 0.6 is 0 Å². The summed E-state index contributed by atoms with van der Waals surface area (Å²) < 4.78 is 343. The molecule has 0 bridgehead atoms. The van der Waals surface area contributed by atoms with Crippen LogP contribution < -0.4 is 26.4 Å². The van der Waals surface area contributed by atoms with E-state index in [1.807, 2.05) is 35.2 Å². The number of nitrogens with zero attached hydrogens (tertiary/aromatic N) is 3. The molecule has 0 spiro atoms. The van der Waals surface area contributed by atoms with E-state index in [0.717, 1.165) is 18.4 Å². The summed E-state index contributed by atoms with van der Waals surface area (Å²) in [6, 6.07) is 1.28. The van der Waals surface area contributed by atoms with Crippen LogP contribution in [-0.2, 0) is 56.0 Å². The summed E-state index contributed by atoms with van der Waals surface area (Å²) in [7, 11) is 0. The Balaban J connectivity index is 0.000000451. The number of hydrogen-bond acceptors (Lipinski definition) is 2. The van der Waals surface area contributed by atoms with E-state index < -0.39 is 195 Å². The van der Waals surface area contributed by atoms with E-state index in [1.54, 1.807) is 0 Å². The summed E-state index contributed by atoms with van der Waals surface area (Å²) in [4.78, 5) is 0. The number of benzene rings is 4. The molecule has 3 nitrogen and oxygen atoms in total. The standard InChI is InChI=1S/C32H12BF24.C28H44N3/c34-25(35,36)13-1-14(26(37,38)39)6-21(5-13)33(22-7-15(27(40,41)42)2-16(8-22)28(43,44)45,23-9-17(29(46,47)48)3-18(10-23)30(49,50)51)24-11-19(31(52,53)54)4-20(12-24)32(55,56)57;1-2-3-4-5-6-7-8-9-10-11-12-13-14-15-16-18-21-27(28(24-29)25-30)26-31-22-19-17-20-23-31/h1-12H;17,19-20,22-23H,2-16,18,21,26H2,1H3/q-1;+1. The van der Waals surface area contributed by atoms with Crippen molar-refractivity contribution in [2.45, 2.75) is 172 Å². The van der Waals surface area contributed by atoms with E-state index in [0.29, 0.717) is 6.54 Å². The van der Waals surface area contributed by atoms with E-state index in [-0.39, 0.29) is 5.57 Å². The van der Waals surface area contributed by atoms with Crippen molar-refractivity contribution >= 4 is 28.0 Å². The Morgan fingerprint density at radius 1 is 0.330 bits per heavy atom. The number of unbranched alkanes of at least 4 members (excludes halogenated alkanes) is 15. The van der Waals surface area contributed by atoms with Gasteiger partial charge in [0.05, 0.1) is 44.5 Å². The number of aromatic nitrogens is 1. The molecule has 1 heterocycles. The lowest BCUT2D eigenvalue weighted by Crippen LogP contribution is -2.75. The second kappa shape index (κ2) is 30.1. The molecule has 5 rings (SSSR count). The van der Waals surface area contributed by atoms with Gasteiger partial charge in [0.25, 0.3) is 0 Å². The van der Waals surface area contributed by atoms with E-state index in [1.165, 1.54) is 96.3 Å². The van der Waals surface area contributed by atoms with Crippen LogP contribution in [0.2, 0.25) is 0 Å². The van der Waals surface area contributed by atoms with Gasteiger partial charge in [-0.3, -0.25) is 0 Å². The van der Waals surface area contributed by atoms with Crippen molar-refractivity contribution in [1.82, 2.24) is 0 Å². The SMILES string of the molecule is CCCCCCCCCCCCCCCCCCC(C[n+]1ccccc1)=C(C#N)C#N.FC(F)(F)c1cc([B-](c2cc(C(F)(F)F)cc(C(F)(F)F)c2)(c2cc(C(F)(F)F)cc(C(F)(F)F)c2)c2cc(C(F)(F)F)cc(C(F)(F)F)c2)cc(C(F)(F)F)c1. The first-order chi connectivity index (χ1) is 40.6. The van der Waals surface area contributed by atoms with Gasteiger partial charge in [0.2, 0.25) is 0 Å². The van der Waals surface area contributed by atoms with E-state index in [4.69, 9.17) is 0 Å². The highest BCUT2D eigenvalue weighted by Crippen LogP contribution is 2.42. The van der Waals surface area contributed by atoms with Crippen molar-refractivity contribution in [2.24, 2.45) is 0 Å². The third-order valence-corrected chi connectivity index (χ3v) is 14.5. The molecule has 0 aliphatic heterocycles. The van der Waals surface area contributed by atoms with Gasteiger partial charge in [-0.05, 0) is 37.1 Å². The number of pyridine rings is 1. The quantitative estimate of drug-likeness (QED) is 0.0215. The highest BCUT2D eigenvalue weighted by atomic mass is 19.4. The molecule has 0 aliphatic rings. The molecule has 0 fully saturated rings. The lowest BCUT2D eigenvalue weighted by atomic mass is 9.12. The van der Waals surface area contributed by atoms with Crippen LogP contribution in [0.5, 0.6) is 0 Å². The van der Waals surface area contributed by atoms with Gasteiger partial charge in [0.1, 0.15) is 23.9 Å². The molecule has 4 aromatic carbocycles. The molecule has 5 aromatic rings. The second-order valence-electron chi connectivity index (χ2n) is 21.0. The molecular weight excluding hydrogens is 1230 g/mol. The first-order valence-electron chi connectivity index (χ1n) is 27.4. The highest BCUT2D eigenvalue weighted by Gasteiger charge is 2.47. The van der Waals surface area contributed by atoms with Crippen LogP contribution in [0.15, 0.2) is 115 Å². The summed E-state index contributed by atoms with van der Waals surface area (Å²) in [6.07, 6.45) is -28.3. The Labute approximate surface area is 490 Å². The monoisotopic (exact) mass is 1290 g/mol. The zero-order chi connectivity index (χ0) is 66.3. The summed E-state index contributed by atoms with van der Waals surface area (Å²) in [5.74, 6) is 0. The molecule has 88 heavy (non-hydrogen) atoms. The highest BCUT2D eigenvalue weighted by molar-refractivity contribution is 7.20. The van der Waals surface area contributed by atoms with E-state index in [2.05, 4.69) is 19.1 Å².